The van der Waals surface area contributed by atoms with Gasteiger partial charge in [0.2, 0.25) is 0 Å². The van der Waals surface area contributed by atoms with Crippen LogP contribution in [0.2, 0.25) is 0 Å². The summed E-state index contributed by atoms with van der Waals surface area (Å²) in [4.78, 5) is 0. The molecule has 17 heavy (non-hydrogen) atoms. The number of aliphatic hydroxyl groups excluding tert-OH is 1. The van der Waals surface area contributed by atoms with Crippen LogP contribution in [0.1, 0.15) is 13.8 Å². The van der Waals surface area contributed by atoms with Crippen molar-refractivity contribution in [1.82, 2.24) is 5.32 Å². The molecule has 1 atom stereocenters. The van der Waals surface area contributed by atoms with Crippen LogP contribution in [0, 0.1) is 0 Å². The van der Waals surface area contributed by atoms with Crippen LogP contribution in [0.5, 0.6) is 5.75 Å². The Labute approximate surface area is 109 Å². The van der Waals surface area contributed by atoms with E-state index in [9.17, 15) is 5.11 Å². The standard InChI is InChI=1S/C12H20N2O2.ClH/c1-9(2)14-7-11(15)8-16-12-5-3-10(13)4-6-12;/h3-6,9,11,14-15H,7-8,13H2,1-2H3;1H. The fourth-order valence-corrected chi connectivity index (χ4v) is 1.19. The van der Waals surface area contributed by atoms with Crippen molar-refractivity contribution in [2.24, 2.45) is 0 Å². The number of nitrogens with one attached hydrogen (secondary N) is 1. The van der Waals surface area contributed by atoms with Crippen LogP contribution in [0.25, 0.3) is 0 Å². The molecule has 0 aromatic heterocycles. The molecule has 0 aliphatic carbocycles. The molecule has 0 saturated carbocycles. The Bertz CT molecular complexity index is 304. The van der Waals surface area contributed by atoms with Gasteiger partial charge in [-0.05, 0) is 24.3 Å². The molecule has 4 nitrogen and oxygen atoms in total. The van der Waals surface area contributed by atoms with Gasteiger partial charge in [0, 0.05) is 18.3 Å². The van der Waals surface area contributed by atoms with Crippen LogP contribution in [0.15, 0.2) is 24.3 Å². The smallest absolute Gasteiger partial charge is 0.119 e. The highest BCUT2D eigenvalue weighted by Gasteiger charge is 2.05. The maximum Gasteiger partial charge on any atom is 0.119 e. The quantitative estimate of drug-likeness (QED) is 0.677. The van der Waals surface area contributed by atoms with Crippen molar-refractivity contribution in [3.63, 3.8) is 0 Å². The lowest BCUT2D eigenvalue weighted by Crippen LogP contribution is -2.35. The molecule has 1 aromatic carbocycles. The first kappa shape index (κ1) is 16.0. The van der Waals surface area contributed by atoms with Gasteiger partial charge in [0.25, 0.3) is 0 Å². The molecule has 0 amide bonds. The van der Waals surface area contributed by atoms with Crippen molar-refractivity contribution >= 4 is 18.1 Å². The molecular weight excluding hydrogens is 240 g/mol. The van der Waals surface area contributed by atoms with Crippen LogP contribution in [0.4, 0.5) is 5.69 Å². The van der Waals surface area contributed by atoms with E-state index in [1.165, 1.54) is 0 Å². The van der Waals surface area contributed by atoms with Gasteiger partial charge in [0.05, 0.1) is 0 Å². The lowest BCUT2D eigenvalue weighted by Gasteiger charge is -2.15. The summed E-state index contributed by atoms with van der Waals surface area (Å²) in [5.74, 6) is 0.720. The Balaban J connectivity index is 0.00000256. The number of nitrogens with two attached hydrogens (primary N) is 1. The summed E-state index contributed by atoms with van der Waals surface area (Å²) in [7, 11) is 0. The van der Waals surface area contributed by atoms with Crippen molar-refractivity contribution in [3.8, 4) is 5.75 Å². The van der Waals surface area contributed by atoms with E-state index in [-0.39, 0.29) is 19.0 Å². The van der Waals surface area contributed by atoms with Crippen LogP contribution < -0.4 is 15.8 Å². The predicted octanol–water partition coefficient (Wildman–Crippen LogP) is 1.43. The second-order valence-corrected chi connectivity index (χ2v) is 4.10. The Kier molecular flexibility index (Phi) is 7.70. The largest absolute Gasteiger partial charge is 0.491 e. The number of ether oxygens (including phenoxy) is 1. The molecule has 1 rings (SSSR count). The molecule has 0 radical (unpaired) electrons. The second kappa shape index (κ2) is 8.17. The molecule has 1 aromatic rings. The predicted molar refractivity (Wildman–Crippen MR) is 72.7 cm³/mol. The third-order valence-electron chi connectivity index (χ3n) is 2.08. The third kappa shape index (κ3) is 7.05. The summed E-state index contributed by atoms with van der Waals surface area (Å²) in [6, 6.07) is 7.49. The van der Waals surface area contributed by atoms with Crippen molar-refractivity contribution in [1.29, 1.82) is 0 Å². The van der Waals surface area contributed by atoms with E-state index in [0.29, 0.717) is 18.3 Å². The Morgan fingerprint density at radius 1 is 1.29 bits per heavy atom. The molecule has 1 unspecified atom stereocenters. The molecule has 0 saturated heterocycles. The zero-order chi connectivity index (χ0) is 12.0. The summed E-state index contributed by atoms with van der Waals surface area (Å²) >= 11 is 0. The summed E-state index contributed by atoms with van der Waals surface area (Å²) in [6.45, 7) is 4.89. The summed E-state index contributed by atoms with van der Waals surface area (Å²) in [5, 5.41) is 12.7. The van der Waals surface area contributed by atoms with E-state index in [0.717, 1.165) is 5.75 Å². The summed E-state index contributed by atoms with van der Waals surface area (Å²) in [5.41, 5.74) is 6.25. The minimum atomic E-state index is -0.500. The summed E-state index contributed by atoms with van der Waals surface area (Å²) < 4.78 is 5.41. The third-order valence-corrected chi connectivity index (χ3v) is 2.08. The zero-order valence-corrected chi connectivity index (χ0v) is 11.0. The molecule has 0 aliphatic rings. The highest BCUT2D eigenvalue weighted by molar-refractivity contribution is 5.85. The van der Waals surface area contributed by atoms with Gasteiger partial charge < -0.3 is 20.9 Å². The lowest BCUT2D eigenvalue weighted by molar-refractivity contribution is 0.104. The molecule has 0 heterocycles. The molecule has 4 N–H and O–H groups in total. The van der Waals surface area contributed by atoms with E-state index < -0.39 is 6.10 Å². The second-order valence-electron chi connectivity index (χ2n) is 4.10. The Morgan fingerprint density at radius 2 is 1.88 bits per heavy atom. The van der Waals surface area contributed by atoms with Crippen molar-refractivity contribution < 1.29 is 9.84 Å². The van der Waals surface area contributed by atoms with Crippen LogP contribution >= 0.6 is 12.4 Å². The van der Waals surface area contributed by atoms with Gasteiger partial charge in [-0.3, -0.25) is 0 Å². The maximum absolute atomic E-state index is 9.60. The first-order chi connectivity index (χ1) is 7.58. The van der Waals surface area contributed by atoms with Crippen LogP contribution in [-0.4, -0.2) is 30.4 Å². The van der Waals surface area contributed by atoms with Crippen molar-refractivity contribution in [3.05, 3.63) is 24.3 Å². The monoisotopic (exact) mass is 260 g/mol. The van der Waals surface area contributed by atoms with Gasteiger partial charge >= 0.3 is 0 Å². The van der Waals surface area contributed by atoms with Gasteiger partial charge in [0.1, 0.15) is 18.5 Å². The van der Waals surface area contributed by atoms with Gasteiger partial charge in [-0.15, -0.1) is 12.4 Å². The highest BCUT2D eigenvalue weighted by Crippen LogP contribution is 2.13. The van der Waals surface area contributed by atoms with Crippen LogP contribution in [-0.2, 0) is 0 Å². The molecule has 0 fully saturated rings. The number of hydrogen-bond acceptors (Lipinski definition) is 4. The number of aliphatic hydroxyl groups is 1. The van der Waals surface area contributed by atoms with Crippen molar-refractivity contribution in [2.45, 2.75) is 26.0 Å². The number of hydrogen-bond donors (Lipinski definition) is 3. The number of halogens is 1. The van der Waals surface area contributed by atoms with Crippen LogP contribution in [0.3, 0.4) is 0 Å². The van der Waals surface area contributed by atoms with Gasteiger partial charge in [-0.1, -0.05) is 13.8 Å². The van der Waals surface area contributed by atoms with Gasteiger partial charge in [-0.25, -0.2) is 0 Å². The molecule has 0 aliphatic heterocycles. The first-order valence-corrected chi connectivity index (χ1v) is 5.47. The molecule has 98 valence electrons. The fraction of sp³-hybridized carbons (Fsp3) is 0.500. The maximum atomic E-state index is 9.60. The number of nitrogen functional groups attached to an aromatic ring is 1. The minimum Gasteiger partial charge on any atom is -0.491 e. The number of anilines is 1. The Hall–Kier alpha value is -0.970. The average molecular weight is 261 g/mol. The van der Waals surface area contributed by atoms with E-state index >= 15 is 0 Å². The minimum absolute atomic E-state index is 0. The lowest BCUT2D eigenvalue weighted by atomic mass is 10.3. The van der Waals surface area contributed by atoms with Gasteiger partial charge in [-0.2, -0.15) is 0 Å². The average Bonchev–Trinajstić information content (AvgIpc) is 2.25. The zero-order valence-electron chi connectivity index (χ0n) is 10.2. The SMILES string of the molecule is CC(C)NCC(O)COc1ccc(N)cc1.Cl. The van der Waals surface area contributed by atoms with E-state index in [4.69, 9.17) is 10.5 Å². The molecule has 0 spiro atoms. The highest BCUT2D eigenvalue weighted by atomic mass is 35.5. The summed E-state index contributed by atoms with van der Waals surface area (Å²) in [6.07, 6.45) is -0.500. The molecule has 0 bridgehead atoms. The van der Waals surface area contributed by atoms with Crippen molar-refractivity contribution in [2.75, 3.05) is 18.9 Å². The number of benzene rings is 1. The fourth-order valence-electron chi connectivity index (χ4n) is 1.19. The number of rotatable bonds is 6. The molecule has 5 heteroatoms. The topological polar surface area (TPSA) is 67.5 Å². The normalized spacial score (nSPS) is 12.0. The van der Waals surface area contributed by atoms with E-state index in [2.05, 4.69) is 5.32 Å². The van der Waals surface area contributed by atoms with Gasteiger partial charge in [0.15, 0.2) is 0 Å². The van der Waals surface area contributed by atoms with E-state index in [1.54, 1.807) is 24.3 Å². The molecular formula is C12H21ClN2O2. The van der Waals surface area contributed by atoms with E-state index in [1.807, 2.05) is 13.8 Å². The first-order valence-electron chi connectivity index (χ1n) is 5.47. The Morgan fingerprint density at radius 3 is 2.41 bits per heavy atom.